The van der Waals surface area contributed by atoms with E-state index in [1.165, 1.54) is 33.7 Å². The molecule has 1 N–H and O–H groups in total. The predicted molar refractivity (Wildman–Crippen MR) is 176 cm³/mol. The van der Waals surface area contributed by atoms with E-state index in [4.69, 9.17) is 4.98 Å². The molecule has 0 aliphatic heterocycles. The number of rotatable bonds is 9. The number of benzene rings is 4. The first-order chi connectivity index (χ1) is 20.3. The Labute approximate surface area is 270 Å². The second-order valence-electron chi connectivity index (χ2n) is 10.9. The van der Waals surface area contributed by atoms with Crippen LogP contribution in [0.3, 0.4) is 0 Å². The Hall–Kier alpha value is -3.53. The first-order valence-electron chi connectivity index (χ1n) is 15.2. The normalized spacial score (nSPS) is 11.5. The van der Waals surface area contributed by atoms with Crippen molar-refractivity contribution < 1.29 is 30.0 Å². The quantitative estimate of drug-likeness (QED) is 0.0927. The number of hydrogen-bond donors (Lipinski definition) is 1. The topological polar surface area (TPSA) is 55.1 Å². The van der Waals surface area contributed by atoms with Crippen molar-refractivity contribution in [3.05, 3.63) is 108 Å². The number of para-hydroxylation sites is 3. The van der Waals surface area contributed by atoms with Gasteiger partial charge in [0.15, 0.2) is 5.78 Å². The molecule has 5 heteroatoms. The summed E-state index contributed by atoms with van der Waals surface area (Å²) in [6.45, 7) is 12.4. The van der Waals surface area contributed by atoms with E-state index in [1.54, 1.807) is 0 Å². The average molecular weight is 752 g/mol. The van der Waals surface area contributed by atoms with Gasteiger partial charge in [0.1, 0.15) is 0 Å². The van der Waals surface area contributed by atoms with Crippen LogP contribution in [0.4, 0.5) is 0 Å². The largest absolute Gasteiger partial charge is 0.512 e. The van der Waals surface area contributed by atoms with Gasteiger partial charge in [-0.2, -0.15) is 0 Å². The molecule has 0 fully saturated rings. The van der Waals surface area contributed by atoms with E-state index >= 15 is 0 Å². The van der Waals surface area contributed by atoms with Crippen LogP contribution >= 0.6 is 0 Å². The third-order valence-corrected chi connectivity index (χ3v) is 8.25. The van der Waals surface area contributed by atoms with Gasteiger partial charge in [-0.05, 0) is 62.8 Å². The van der Waals surface area contributed by atoms with E-state index in [0.717, 1.165) is 48.1 Å². The van der Waals surface area contributed by atoms with E-state index < -0.39 is 0 Å². The van der Waals surface area contributed by atoms with Crippen LogP contribution in [-0.2, 0) is 24.9 Å². The van der Waals surface area contributed by atoms with Gasteiger partial charge in [0.2, 0.25) is 0 Å². The maximum Gasteiger partial charge on any atom is 0.162 e. The summed E-state index contributed by atoms with van der Waals surface area (Å²) in [6, 6.07) is 30.7. The molecule has 0 spiro atoms. The molecule has 1 radical (unpaired) electrons. The molecule has 4 aromatic carbocycles. The Bertz CT molecular complexity index is 1670. The summed E-state index contributed by atoms with van der Waals surface area (Å²) >= 11 is 0. The number of aliphatic hydroxyl groups excluding tert-OH is 1. The molecule has 0 atom stereocenters. The third-order valence-electron chi connectivity index (χ3n) is 8.25. The van der Waals surface area contributed by atoms with Gasteiger partial charge < -0.3 is 9.67 Å². The monoisotopic (exact) mass is 752 g/mol. The van der Waals surface area contributed by atoms with Crippen LogP contribution < -0.4 is 0 Å². The van der Waals surface area contributed by atoms with E-state index in [2.05, 4.69) is 91.2 Å². The fourth-order valence-electron chi connectivity index (χ4n) is 5.71. The van der Waals surface area contributed by atoms with Crippen LogP contribution in [0, 0.1) is 31.7 Å². The molecule has 0 bridgehead atoms. The van der Waals surface area contributed by atoms with E-state index in [9.17, 15) is 9.90 Å². The van der Waals surface area contributed by atoms with Crippen LogP contribution in [-0.4, -0.2) is 20.4 Å². The molecule has 43 heavy (non-hydrogen) atoms. The maximum absolute atomic E-state index is 11.7. The summed E-state index contributed by atoms with van der Waals surface area (Å²) in [5.74, 6) is 1.48. The zero-order valence-electron chi connectivity index (χ0n) is 26.1. The minimum atomic E-state index is 0. The van der Waals surface area contributed by atoms with Crippen molar-refractivity contribution in [3.63, 3.8) is 0 Å². The summed E-state index contributed by atoms with van der Waals surface area (Å²) in [6.07, 6.45) is 4.91. The number of fused-ring (bicyclic) bond motifs is 2. The van der Waals surface area contributed by atoms with Crippen LogP contribution in [0.15, 0.2) is 90.7 Å². The Balaban J connectivity index is 0.000000274. The molecular formula is C38H43IrN2O2-. The molecule has 5 aromatic rings. The molecule has 0 amide bonds. The molecule has 1 heterocycles. The van der Waals surface area contributed by atoms with Crippen molar-refractivity contribution in [2.24, 2.45) is 11.8 Å². The summed E-state index contributed by atoms with van der Waals surface area (Å²) in [4.78, 5) is 16.7. The molecule has 0 unspecified atom stereocenters. The molecule has 227 valence electrons. The molecule has 5 rings (SSSR count). The van der Waals surface area contributed by atoms with E-state index in [-0.39, 0.29) is 43.5 Å². The fourth-order valence-corrected chi connectivity index (χ4v) is 5.71. The second-order valence-corrected chi connectivity index (χ2v) is 10.9. The van der Waals surface area contributed by atoms with Crippen molar-refractivity contribution in [1.29, 1.82) is 0 Å². The summed E-state index contributed by atoms with van der Waals surface area (Å²) in [5, 5.41) is 12.1. The number of carbonyl (C=O) groups excluding carboxylic acids is 1. The number of hydrogen-bond acceptors (Lipinski definition) is 3. The molecular weight excluding hydrogens is 709 g/mol. The molecule has 0 saturated heterocycles. The van der Waals surface area contributed by atoms with E-state index in [0.29, 0.717) is 0 Å². The molecule has 0 saturated carbocycles. The number of imidazole rings is 1. The number of aliphatic hydroxyl groups is 1. The van der Waals surface area contributed by atoms with Gasteiger partial charge in [-0.3, -0.25) is 9.78 Å². The smallest absolute Gasteiger partial charge is 0.162 e. The second kappa shape index (κ2) is 15.8. The van der Waals surface area contributed by atoms with Gasteiger partial charge in [-0.1, -0.05) is 87.7 Å². The minimum absolute atomic E-state index is 0. The van der Waals surface area contributed by atoms with Gasteiger partial charge in [0.05, 0.1) is 22.6 Å². The van der Waals surface area contributed by atoms with Crippen molar-refractivity contribution >= 4 is 27.6 Å². The number of allylic oxidation sites excluding steroid dienone is 2. The van der Waals surface area contributed by atoms with Gasteiger partial charge >= 0.3 is 0 Å². The third kappa shape index (κ3) is 7.52. The summed E-state index contributed by atoms with van der Waals surface area (Å²) < 4.78 is 2.29. The van der Waals surface area contributed by atoms with Crippen molar-refractivity contribution in [2.75, 3.05) is 0 Å². The predicted octanol–water partition coefficient (Wildman–Crippen LogP) is 10.1. The Morgan fingerprint density at radius 3 is 2.09 bits per heavy atom. The zero-order chi connectivity index (χ0) is 30.2. The molecule has 0 aliphatic carbocycles. The van der Waals surface area contributed by atoms with E-state index in [1.807, 2.05) is 39.8 Å². The first kappa shape index (κ1) is 34.0. The molecule has 0 aliphatic rings. The molecule has 4 nitrogen and oxygen atoms in total. The van der Waals surface area contributed by atoms with Crippen LogP contribution in [0.5, 0.6) is 0 Å². The Morgan fingerprint density at radius 1 is 0.837 bits per heavy atom. The number of aryl methyl sites for hydroxylation is 2. The average Bonchev–Trinajstić information content (AvgIpc) is 3.37. The van der Waals surface area contributed by atoms with Crippen molar-refractivity contribution in [3.8, 4) is 17.1 Å². The number of carbonyl (C=O) groups is 1. The van der Waals surface area contributed by atoms with Crippen molar-refractivity contribution in [2.45, 2.75) is 67.2 Å². The SMILES string of the molecule is CCC(CC)C(=O)/C=C(\O)C(CC)CC.Cc1cccc(C)c1-n1c(-c2[c-]ccc3ccccc23)nc2ccccc21.[Ir]. The number of aromatic nitrogens is 2. The number of ketones is 1. The van der Waals surface area contributed by atoms with Crippen LogP contribution in [0.25, 0.3) is 38.9 Å². The zero-order valence-corrected chi connectivity index (χ0v) is 28.5. The minimum Gasteiger partial charge on any atom is -0.512 e. The van der Waals surface area contributed by atoms with Gasteiger partial charge in [0.25, 0.3) is 0 Å². The number of nitrogens with zero attached hydrogens (tertiary/aromatic N) is 2. The van der Waals surface area contributed by atoms with Gasteiger partial charge in [-0.25, -0.2) is 0 Å². The fraction of sp³-hybridized carbons (Fsp3) is 0.316. The maximum atomic E-state index is 11.7. The summed E-state index contributed by atoms with van der Waals surface area (Å²) in [7, 11) is 0. The Kier molecular flexibility index (Phi) is 12.5. The summed E-state index contributed by atoms with van der Waals surface area (Å²) in [5.41, 5.74) is 6.82. The first-order valence-corrected chi connectivity index (χ1v) is 15.2. The molecule has 1 aromatic heterocycles. The van der Waals surface area contributed by atoms with Gasteiger partial charge in [-0.15, -0.1) is 29.1 Å². The van der Waals surface area contributed by atoms with Gasteiger partial charge in [0, 0.05) is 43.7 Å². The standard InChI is InChI=1S/C25H19N2.C13H24O2.Ir/c1-17-9-7-10-18(2)24(17)27-23-16-6-5-15-22(23)26-25(27)21-14-8-12-19-11-3-4-13-20(19)21;1-5-10(6-2)12(14)9-13(15)11(7-3)8-4;/h3-13,15-16H,1-2H3;9-11,14H,5-8H2,1-4H3;/q-1;;/b;12-9-;. The Morgan fingerprint density at radius 2 is 1.44 bits per heavy atom. The van der Waals surface area contributed by atoms with Crippen LogP contribution in [0.2, 0.25) is 0 Å². The van der Waals surface area contributed by atoms with Crippen molar-refractivity contribution in [1.82, 2.24) is 9.55 Å². The van der Waals surface area contributed by atoms with Crippen LogP contribution in [0.1, 0.15) is 64.5 Å².